The van der Waals surface area contributed by atoms with E-state index in [9.17, 15) is 19.2 Å². The van der Waals surface area contributed by atoms with Crippen LogP contribution in [0.3, 0.4) is 0 Å². The van der Waals surface area contributed by atoms with Gasteiger partial charge in [-0.1, -0.05) is 17.7 Å². The molecule has 1 saturated heterocycles. The van der Waals surface area contributed by atoms with E-state index < -0.39 is 29.9 Å². The number of benzene rings is 2. The number of ether oxygens (including phenoxy) is 2. The fraction of sp³-hybridized carbons (Fsp3) is 0.304. The van der Waals surface area contributed by atoms with Crippen LogP contribution < -0.4 is 10.2 Å². The molecule has 9 nitrogen and oxygen atoms in total. The third-order valence-corrected chi connectivity index (χ3v) is 5.23. The molecule has 2 aromatic carbocycles. The Bertz CT molecular complexity index is 1040. The first-order chi connectivity index (χ1) is 15.8. The van der Waals surface area contributed by atoms with Gasteiger partial charge in [0.15, 0.2) is 0 Å². The minimum absolute atomic E-state index is 0.140. The molecule has 174 valence electrons. The highest BCUT2D eigenvalue weighted by Gasteiger charge is 2.46. The van der Waals surface area contributed by atoms with Gasteiger partial charge in [-0.2, -0.15) is 0 Å². The summed E-state index contributed by atoms with van der Waals surface area (Å²) in [6.07, 6.45) is -0.262. The van der Waals surface area contributed by atoms with Gasteiger partial charge in [0.1, 0.15) is 6.04 Å². The number of rotatable bonds is 9. The van der Waals surface area contributed by atoms with Crippen LogP contribution in [0, 0.1) is 0 Å². The molecular weight excluding hydrogens is 450 g/mol. The fourth-order valence-corrected chi connectivity index (χ4v) is 3.56. The van der Waals surface area contributed by atoms with Crippen LogP contribution in [0.1, 0.15) is 23.7 Å². The lowest BCUT2D eigenvalue weighted by Crippen LogP contribution is -2.39. The molecule has 1 heterocycles. The maximum atomic E-state index is 13.1. The van der Waals surface area contributed by atoms with Gasteiger partial charge >= 0.3 is 12.0 Å². The number of nitrogens with one attached hydrogen (secondary N) is 1. The number of methoxy groups -OCH3 is 1. The summed E-state index contributed by atoms with van der Waals surface area (Å²) >= 11 is 5.91. The zero-order chi connectivity index (χ0) is 24.0. The number of carbonyl (C=O) groups excluding carboxylic acids is 4. The summed E-state index contributed by atoms with van der Waals surface area (Å²) < 4.78 is 10.0. The van der Waals surface area contributed by atoms with Crippen molar-refractivity contribution < 1.29 is 28.7 Å². The van der Waals surface area contributed by atoms with E-state index >= 15 is 0 Å². The first-order valence-electron chi connectivity index (χ1n) is 10.3. The van der Waals surface area contributed by atoms with Gasteiger partial charge in [0, 0.05) is 24.4 Å². The maximum Gasteiger partial charge on any atom is 0.338 e. The smallest absolute Gasteiger partial charge is 0.338 e. The minimum atomic E-state index is -1.00. The molecule has 1 unspecified atom stereocenters. The predicted molar refractivity (Wildman–Crippen MR) is 122 cm³/mol. The van der Waals surface area contributed by atoms with E-state index in [4.69, 9.17) is 21.1 Å². The van der Waals surface area contributed by atoms with Crippen molar-refractivity contribution in [3.05, 3.63) is 59.1 Å². The molecule has 10 heteroatoms. The Kier molecular flexibility index (Phi) is 8.02. The Balaban J connectivity index is 1.77. The first kappa shape index (κ1) is 24.2. The second-order valence-corrected chi connectivity index (χ2v) is 7.62. The van der Waals surface area contributed by atoms with Crippen LogP contribution in [0.25, 0.3) is 0 Å². The van der Waals surface area contributed by atoms with E-state index in [0.29, 0.717) is 16.4 Å². The normalized spacial score (nSPS) is 15.7. The van der Waals surface area contributed by atoms with E-state index in [1.54, 1.807) is 49.4 Å². The van der Waals surface area contributed by atoms with Gasteiger partial charge in [0.25, 0.3) is 5.91 Å². The summed E-state index contributed by atoms with van der Waals surface area (Å²) in [5.74, 6) is -1.51. The molecule has 0 spiro atoms. The lowest BCUT2D eigenvalue weighted by molar-refractivity contribution is -0.124. The topological polar surface area (TPSA) is 105 Å². The van der Waals surface area contributed by atoms with Crippen molar-refractivity contribution in [1.82, 2.24) is 4.90 Å². The molecular formula is C23H24ClN3O6. The number of carbonyl (C=O) groups is 4. The third-order valence-electron chi connectivity index (χ3n) is 4.98. The summed E-state index contributed by atoms with van der Waals surface area (Å²) in [6, 6.07) is 11.0. The second-order valence-electron chi connectivity index (χ2n) is 7.19. The highest BCUT2D eigenvalue weighted by Crippen LogP contribution is 2.28. The molecule has 1 fully saturated rings. The zero-order valence-electron chi connectivity index (χ0n) is 18.2. The number of hydrogen-bond donors (Lipinski definition) is 1. The van der Waals surface area contributed by atoms with Crippen molar-refractivity contribution in [3.8, 4) is 0 Å². The Morgan fingerprint density at radius 1 is 1.12 bits per heavy atom. The first-order valence-corrected chi connectivity index (χ1v) is 10.7. The number of anilines is 2. The van der Waals surface area contributed by atoms with Gasteiger partial charge in [-0.15, -0.1) is 0 Å². The molecule has 0 aliphatic carbocycles. The molecule has 0 saturated carbocycles. The number of amides is 4. The molecule has 2 aromatic rings. The summed E-state index contributed by atoms with van der Waals surface area (Å²) in [4.78, 5) is 53.1. The van der Waals surface area contributed by atoms with Crippen LogP contribution in [0.4, 0.5) is 16.2 Å². The van der Waals surface area contributed by atoms with Crippen molar-refractivity contribution in [2.24, 2.45) is 0 Å². The molecule has 1 N–H and O–H groups in total. The number of halogens is 1. The monoisotopic (exact) mass is 473 g/mol. The molecule has 1 atom stereocenters. The van der Waals surface area contributed by atoms with Crippen molar-refractivity contribution in [3.63, 3.8) is 0 Å². The van der Waals surface area contributed by atoms with Crippen LogP contribution in [-0.2, 0) is 19.1 Å². The van der Waals surface area contributed by atoms with Crippen molar-refractivity contribution in [2.75, 3.05) is 37.1 Å². The van der Waals surface area contributed by atoms with Gasteiger partial charge in [-0.25, -0.2) is 14.5 Å². The third kappa shape index (κ3) is 5.68. The minimum Gasteiger partial charge on any atom is -0.462 e. The Labute approximate surface area is 196 Å². The fourth-order valence-electron chi connectivity index (χ4n) is 3.43. The molecule has 0 radical (unpaired) electrons. The van der Waals surface area contributed by atoms with Gasteiger partial charge in [-0.05, 0) is 49.4 Å². The standard InChI is InChI=1S/C23H24ClN3O6/c1-3-33-22(30)15-5-4-6-17(13-15)25-20(28)14-19-21(29)27(18-9-7-16(24)8-10-18)23(31)26(19)11-12-32-2/h4-10,13,19H,3,11-12,14H2,1-2H3,(H,25,28). The van der Waals surface area contributed by atoms with Crippen molar-refractivity contribution in [2.45, 2.75) is 19.4 Å². The SMILES string of the molecule is CCOC(=O)c1cccc(NC(=O)CC2C(=O)N(c3ccc(Cl)cc3)C(=O)N2CCOC)c1. The van der Waals surface area contributed by atoms with Gasteiger partial charge in [-0.3, -0.25) is 9.59 Å². The maximum absolute atomic E-state index is 13.1. The number of imide groups is 1. The molecule has 33 heavy (non-hydrogen) atoms. The van der Waals surface area contributed by atoms with E-state index in [-0.39, 0.29) is 31.7 Å². The highest BCUT2D eigenvalue weighted by molar-refractivity contribution is 6.30. The van der Waals surface area contributed by atoms with Crippen LogP contribution >= 0.6 is 11.6 Å². The summed E-state index contributed by atoms with van der Waals surface area (Å²) in [6.45, 7) is 2.27. The second kappa shape index (κ2) is 10.9. The zero-order valence-corrected chi connectivity index (χ0v) is 19.0. The largest absolute Gasteiger partial charge is 0.462 e. The molecule has 3 rings (SSSR count). The van der Waals surface area contributed by atoms with E-state index in [0.717, 1.165) is 4.90 Å². The quantitative estimate of drug-likeness (QED) is 0.442. The number of esters is 1. The van der Waals surface area contributed by atoms with Gasteiger partial charge in [0.2, 0.25) is 5.91 Å². The average molecular weight is 474 g/mol. The summed E-state index contributed by atoms with van der Waals surface area (Å²) in [7, 11) is 1.48. The van der Waals surface area contributed by atoms with Crippen LogP contribution in [-0.4, -0.2) is 61.6 Å². The van der Waals surface area contributed by atoms with E-state index in [1.807, 2.05) is 0 Å². The average Bonchev–Trinajstić information content (AvgIpc) is 3.02. The lowest BCUT2D eigenvalue weighted by atomic mass is 10.1. The number of hydrogen-bond acceptors (Lipinski definition) is 6. The van der Waals surface area contributed by atoms with Crippen LogP contribution in [0.5, 0.6) is 0 Å². The van der Waals surface area contributed by atoms with Crippen LogP contribution in [0.15, 0.2) is 48.5 Å². The Morgan fingerprint density at radius 3 is 2.52 bits per heavy atom. The van der Waals surface area contributed by atoms with E-state index in [1.165, 1.54) is 18.1 Å². The number of nitrogens with zero attached hydrogens (tertiary/aromatic N) is 2. The van der Waals surface area contributed by atoms with Gasteiger partial charge < -0.3 is 19.7 Å². The highest BCUT2D eigenvalue weighted by atomic mass is 35.5. The predicted octanol–water partition coefficient (Wildman–Crippen LogP) is 3.33. The van der Waals surface area contributed by atoms with Gasteiger partial charge in [0.05, 0.1) is 30.9 Å². The lowest BCUT2D eigenvalue weighted by Gasteiger charge is -2.21. The molecule has 1 aliphatic heterocycles. The number of urea groups is 1. The van der Waals surface area contributed by atoms with Crippen molar-refractivity contribution >= 4 is 46.8 Å². The van der Waals surface area contributed by atoms with Crippen molar-refractivity contribution in [1.29, 1.82) is 0 Å². The Hall–Kier alpha value is -3.43. The molecule has 4 amide bonds. The molecule has 0 bridgehead atoms. The Morgan fingerprint density at radius 2 is 1.85 bits per heavy atom. The van der Waals surface area contributed by atoms with Crippen LogP contribution in [0.2, 0.25) is 5.02 Å². The summed E-state index contributed by atoms with van der Waals surface area (Å²) in [5.41, 5.74) is 1.03. The molecule has 0 aromatic heterocycles. The summed E-state index contributed by atoms with van der Waals surface area (Å²) in [5, 5.41) is 3.14. The molecule has 1 aliphatic rings. The van der Waals surface area contributed by atoms with E-state index in [2.05, 4.69) is 5.32 Å².